The first kappa shape index (κ1) is 16.5. The first-order valence-electron chi connectivity index (χ1n) is 7.04. The summed E-state index contributed by atoms with van der Waals surface area (Å²) in [5.74, 6) is -1.70. The average molecular weight is 285 g/mol. The lowest BCUT2D eigenvalue weighted by Crippen LogP contribution is -2.41. The third kappa shape index (κ3) is 4.21. The van der Waals surface area contributed by atoms with Crippen molar-refractivity contribution in [1.29, 1.82) is 0 Å². The lowest BCUT2D eigenvalue weighted by Gasteiger charge is -2.33. The number of carbonyl (C=O) groups is 3. The molecule has 0 bridgehead atoms. The molecular formula is C14H23NO5. The highest BCUT2D eigenvalue weighted by molar-refractivity contribution is 5.87. The molecule has 1 amide bonds. The molecule has 0 radical (unpaired) electrons. The van der Waals surface area contributed by atoms with Crippen LogP contribution in [0.1, 0.15) is 45.4 Å². The molecule has 0 aromatic rings. The van der Waals surface area contributed by atoms with E-state index in [0.29, 0.717) is 12.8 Å². The van der Waals surface area contributed by atoms with E-state index >= 15 is 0 Å². The van der Waals surface area contributed by atoms with Gasteiger partial charge in [-0.2, -0.15) is 0 Å². The number of hydrogen-bond acceptors (Lipinski definition) is 4. The second-order valence-electron chi connectivity index (χ2n) is 5.38. The molecule has 0 unspecified atom stereocenters. The number of carboxylic acids is 1. The van der Waals surface area contributed by atoms with Gasteiger partial charge in [-0.1, -0.05) is 19.3 Å². The number of carboxylic acid groups (broad SMARTS) is 1. The van der Waals surface area contributed by atoms with Crippen LogP contribution in [0.4, 0.5) is 0 Å². The Balaban J connectivity index is 2.62. The SMILES string of the molecule is CCOC(=O)CN(C)C(=O)CC1(C(=O)O)CCCCC1. The molecule has 1 aliphatic rings. The lowest BCUT2D eigenvalue weighted by atomic mass is 9.71. The van der Waals surface area contributed by atoms with Crippen molar-refractivity contribution >= 4 is 17.8 Å². The summed E-state index contributed by atoms with van der Waals surface area (Å²) in [6.45, 7) is 1.82. The van der Waals surface area contributed by atoms with Gasteiger partial charge in [0.1, 0.15) is 6.54 Å². The van der Waals surface area contributed by atoms with Crippen LogP contribution in [-0.2, 0) is 19.1 Å². The Morgan fingerprint density at radius 2 is 1.80 bits per heavy atom. The monoisotopic (exact) mass is 285 g/mol. The molecule has 6 heteroatoms. The lowest BCUT2D eigenvalue weighted by molar-refractivity contribution is -0.156. The van der Waals surface area contributed by atoms with Gasteiger partial charge in [0.25, 0.3) is 0 Å². The summed E-state index contributed by atoms with van der Waals surface area (Å²) in [7, 11) is 1.50. The summed E-state index contributed by atoms with van der Waals surface area (Å²) < 4.78 is 4.78. The van der Waals surface area contributed by atoms with Gasteiger partial charge >= 0.3 is 11.9 Å². The molecule has 0 aliphatic heterocycles. The molecule has 1 rings (SSSR count). The molecule has 20 heavy (non-hydrogen) atoms. The van der Waals surface area contributed by atoms with E-state index < -0.39 is 17.4 Å². The van der Waals surface area contributed by atoms with E-state index in [-0.39, 0.29) is 25.5 Å². The van der Waals surface area contributed by atoms with Crippen molar-refractivity contribution in [3.8, 4) is 0 Å². The quantitative estimate of drug-likeness (QED) is 0.746. The minimum absolute atomic E-state index is 0.0434. The van der Waals surface area contributed by atoms with Crippen molar-refractivity contribution in [2.45, 2.75) is 45.4 Å². The van der Waals surface area contributed by atoms with Crippen LogP contribution < -0.4 is 0 Å². The zero-order chi connectivity index (χ0) is 15.2. The van der Waals surface area contributed by atoms with Gasteiger partial charge in [-0.3, -0.25) is 14.4 Å². The molecule has 0 atom stereocenters. The maximum atomic E-state index is 12.1. The minimum atomic E-state index is -0.960. The smallest absolute Gasteiger partial charge is 0.325 e. The third-order valence-electron chi connectivity index (χ3n) is 3.85. The van der Waals surface area contributed by atoms with Crippen LogP contribution >= 0.6 is 0 Å². The largest absolute Gasteiger partial charge is 0.481 e. The Labute approximate surface area is 119 Å². The molecule has 0 aromatic heterocycles. The van der Waals surface area contributed by atoms with Crippen LogP contribution in [0.3, 0.4) is 0 Å². The molecule has 0 aromatic carbocycles. The zero-order valence-corrected chi connectivity index (χ0v) is 12.2. The molecule has 0 spiro atoms. The van der Waals surface area contributed by atoms with Crippen molar-refractivity contribution < 1.29 is 24.2 Å². The minimum Gasteiger partial charge on any atom is -0.481 e. The second-order valence-corrected chi connectivity index (χ2v) is 5.38. The fourth-order valence-electron chi connectivity index (χ4n) is 2.61. The van der Waals surface area contributed by atoms with Crippen molar-refractivity contribution in [2.75, 3.05) is 20.2 Å². The van der Waals surface area contributed by atoms with E-state index in [1.165, 1.54) is 11.9 Å². The Bertz CT molecular complexity index is 374. The summed E-state index contributed by atoms with van der Waals surface area (Å²) >= 11 is 0. The van der Waals surface area contributed by atoms with Crippen LogP contribution in [0.5, 0.6) is 0 Å². The van der Waals surface area contributed by atoms with Crippen LogP contribution in [0, 0.1) is 5.41 Å². The summed E-state index contributed by atoms with van der Waals surface area (Å²) in [6.07, 6.45) is 3.70. The number of amides is 1. The maximum Gasteiger partial charge on any atom is 0.325 e. The van der Waals surface area contributed by atoms with Gasteiger partial charge in [-0.05, 0) is 19.8 Å². The van der Waals surface area contributed by atoms with Gasteiger partial charge in [0.15, 0.2) is 0 Å². The van der Waals surface area contributed by atoms with Crippen LogP contribution in [0.2, 0.25) is 0 Å². The zero-order valence-electron chi connectivity index (χ0n) is 12.2. The Morgan fingerprint density at radius 1 is 1.20 bits per heavy atom. The number of hydrogen-bond donors (Lipinski definition) is 1. The van der Waals surface area contributed by atoms with Crippen molar-refractivity contribution in [1.82, 2.24) is 4.90 Å². The van der Waals surface area contributed by atoms with E-state index in [2.05, 4.69) is 0 Å². The van der Waals surface area contributed by atoms with E-state index in [4.69, 9.17) is 4.74 Å². The average Bonchev–Trinajstić information content (AvgIpc) is 2.39. The number of carbonyl (C=O) groups excluding carboxylic acids is 2. The number of likely N-dealkylation sites (N-methyl/N-ethyl adjacent to an activating group) is 1. The normalized spacial score (nSPS) is 17.3. The Hall–Kier alpha value is -1.59. The molecule has 1 fully saturated rings. The van der Waals surface area contributed by atoms with Gasteiger partial charge in [-0.25, -0.2) is 0 Å². The number of aliphatic carboxylic acids is 1. The van der Waals surface area contributed by atoms with Crippen LogP contribution in [0.15, 0.2) is 0 Å². The van der Waals surface area contributed by atoms with E-state index in [9.17, 15) is 19.5 Å². The molecule has 6 nitrogen and oxygen atoms in total. The highest BCUT2D eigenvalue weighted by Gasteiger charge is 2.42. The van der Waals surface area contributed by atoms with Gasteiger partial charge < -0.3 is 14.7 Å². The molecule has 1 aliphatic carbocycles. The Morgan fingerprint density at radius 3 is 2.30 bits per heavy atom. The predicted octanol–water partition coefficient (Wildman–Crippen LogP) is 1.43. The highest BCUT2D eigenvalue weighted by Crippen LogP contribution is 2.39. The molecule has 0 saturated heterocycles. The van der Waals surface area contributed by atoms with Crippen molar-refractivity contribution in [3.63, 3.8) is 0 Å². The Kier molecular flexibility index (Phi) is 5.98. The van der Waals surface area contributed by atoms with Gasteiger partial charge in [0, 0.05) is 13.5 Å². The number of esters is 1. The number of nitrogens with zero attached hydrogens (tertiary/aromatic N) is 1. The van der Waals surface area contributed by atoms with Gasteiger partial charge in [0.05, 0.1) is 12.0 Å². The fraction of sp³-hybridized carbons (Fsp3) is 0.786. The van der Waals surface area contributed by atoms with Crippen LogP contribution in [0.25, 0.3) is 0 Å². The summed E-state index contributed by atoms with van der Waals surface area (Å²) in [4.78, 5) is 36.2. The third-order valence-corrected chi connectivity index (χ3v) is 3.85. The topological polar surface area (TPSA) is 83.9 Å². The van der Waals surface area contributed by atoms with E-state index in [0.717, 1.165) is 19.3 Å². The van der Waals surface area contributed by atoms with Gasteiger partial charge in [-0.15, -0.1) is 0 Å². The first-order chi connectivity index (χ1) is 9.41. The summed E-state index contributed by atoms with van der Waals surface area (Å²) in [6, 6.07) is 0. The maximum absolute atomic E-state index is 12.1. The summed E-state index contributed by atoms with van der Waals surface area (Å²) in [5, 5.41) is 9.42. The second kappa shape index (κ2) is 7.26. The fourth-order valence-corrected chi connectivity index (χ4v) is 2.61. The molecule has 0 heterocycles. The predicted molar refractivity (Wildman–Crippen MR) is 72.0 cm³/mol. The number of rotatable bonds is 6. The van der Waals surface area contributed by atoms with Crippen LogP contribution in [-0.4, -0.2) is 48.1 Å². The van der Waals surface area contributed by atoms with Crippen molar-refractivity contribution in [3.05, 3.63) is 0 Å². The molecule has 1 saturated carbocycles. The van der Waals surface area contributed by atoms with Gasteiger partial charge in [0.2, 0.25) is 5.91 Å². The highest BCUT2D eigenvalue weighted by atomic mass is 16.5. The molecule has 1 N–H and O–H groups in total. The van der Waals surface area contributed by atoms with E-state index in [1.807, 2.05) is 0 Å². The summed E-state index contributed by atoms with van der Waals surface area (Å²) in [5.41, 5.74) is -0.960. The van der Waals surface area contributed by atoms with E-state index in [1.54, 1.807) is 6.92 Å². The first-order valence-corrected chi connectivity index (χ1v) is 7.04. The standard InChI is InChI=1S/C14H23NO5/c1-3-20-12(17)10-15(2)11(16)9-14(13(18)19)7-5-4-6-8-14/h3-10H2,1-2H3,(H,18,19). The molecule has 114 valence electrons. The molecular weight excluding hydrogens is 262 g/mol. The van der Waals surface area contributed by atoms with Crippen molar-refractivity contribution in [2.24, 2.45) is 5.41 Å². The number of ether oxygens (including phenoxy) is 1.